The van der Waals surface area contributed by atoms with E-state index in [2.05, 4.69) is 61.6 Å². The molecule has 0 bridgehead atoms. The molecule has 0 aliphatic rings. The van der Waals surface area contributed by atoms with Gasteiger partial charge in [0.15, 0.2) is 0 Å². The summed E-state index contributed by atoms with van der Waals surface area (Å²) in [5.74, 6) is 0.938. The molecular formula is C19H25NO. The van der Waals surface area contributed by atoms with Crippen molar-refractivity contribution in [3.05, 3.63) is 65.2 Å². The lowest BCUT2D eigenvalue weighted by Crippen LogP contribution is -2.14. The average molecular weight is 283 g/mol. The van der Waals surface area contributed by atoms with Crippen LogP contribution in [0.5, 0.6) is 5.75 Å². The van der Waals surface area contributed by atoms with Gasteiger partial charge in [0.2, 0.25) is 0 Å². The first-order valence-corrected chi connectivity index (χ1v) is 7.76. The number of hydrogen-bond acceptors (Lipinski definition) is 2. The molecule has 112 valence electrons. The third kappa shape index (κ3) is 5.24. The minimum atomic E-state index is 0.624. The molecule has 2 nitrogen and oxygen atoms in total. The van der Waals surface area contributed by atoms with E-state index in [0.717, 1.165) is 18.8 Å². The lowest BCUT2D eigenvalue weighted by molar-refractivity contribution is 0.305. The van der Waals surface area contributed by atoms with Crippen molar-refractivity contribution in [2.45, 2.75) is 39.8 Å². The number of hydrogen-bond donors (Lipinski definition) is 1. The maximum Gasteiger partial charge on any atom is 0.120 e. The van der Waals surface area contributed by atoms with Crippen LogP contribution in [0.3, 0.4) is 0 Å². The predicted octanol–water partition coefficient (Wildman–Crippen LogP) is 4.46. The Labute approximate surface area is 128 Å². The Kier molecular flexibility index (Phi) is 6.29. The highest BCUT2D eigenvalue weighted by Gasteiger charge is 2.00. The number of rotatable bonds is 8. The SMILES string of the molecule is CCCCNCc1cccc(OCc2ccccc2C)c1. The Morgan fingerprint density at radius 3 is 2.71 bits per heavy atom. The van der Waals surface area contributed by atoms with Gasteiger partial charge in [-0.2, -0.15) is 0 Å². The van der Waals surface area contributed by atoms with Crippen LogP contribution >= 0.6 is 0 Å². The largest absolute Gasteiger partial charge is 0.489 e. The Balaban J connectivity index is 1.87. The van der Waals surface area contributed by atoms with Gasteiger partial charge < -0.3 is 10.1 Å². The normalized spacial score (nSPS) is 10.6. The van der Waals surface area contributed by atoms with Crippen molar-refractivity contribution < 1.29 is 4.74 Å². The number of ether oxygens (including phenoxy) is 1. The molecule has 0 amide bonds. The zero-order valence-corrected chi connectivity index (χ0v) is 13.1. The first-order valence-electron chi connectivity index (χ1n) is 7.76. The second-order valence-electron chi connectivity index (χ2n) is 5.39. The smallest absolute Gasteiger partial charge is 0.120 e. The number of nitrogens with one attached hydrogen (secondary N) is 1. The first kappa shape index (κ1) is 15.6. The Bertz CT molecular complexity index is 551. The van der Waals surface area contributed by atoms with E-state index in [0.29, 0.717) is 6.61 Å². The van der Waals surface area contributed by atoms with Gasteiger partial charge in [-0.1, -0.05) is 49.7 Å². The number of aryl methyl sites for hydroxylation is 1. The molecular weight excluding hydrogens is 258 g/mol. The van der Waals surface area contributed by atoms with Crippen LogP contribution in [0.4, 0.5) is 0 Å². The third-order valence-corrected chi connectivity index (χ3v) is 3.59. The van der Waals surface area contributed by atoms with E-state index < -0.39 is 0 Å². The second kappa shape index (κ2) is 8.48. The van der Waals surface area contributed by atoms with Crippen LogP contribution in [0, 0.1) is 6.92 Å². The van der Waals surface area contributed by atoms with Crippen molar-refractivity contribution in [2.24, 2.45) is 0 Å². The Morgan fingerprint density at radius 2 is 1.90 bits per heavy atom. The summed E-state index contributed by atoms with van der Waals surface area (Å²) in [5.41, 5.74) is 3.78. The summed E-state index contributed by atoms with van der Waals surface area (Å²) in [5, 5.41) is 3.46. The second-order valence-corrected chi connectivity index (χ2v) is 5.39. The van der Waals surface area contributed by atoms with E-state index in [4.69, 9.17) is 4.74 Å². The molecule has 0 fully saturated rings. The molecule has 0 spiro atoms. The summed E-state index contributed by atoms with van der Waals surface area (Å²) >= 11 is 0. The first-order chi connectivity index (χ1) is 10.3. The summed E-state index contributed by atoms with van der Waals surface area (Å²) in [6.07, 6.45) is 2.45. The molecule has 0 aliphatic heterocycles. The molecule has 2 heteroatoms. The van der Waals surface area contributed by atoms with Crippen LogP contribution in [0.15, 0.2) is 48.5 Å². The molecule has 0 heterocycles. The fraction of sp³-hybridized carbons (Fsp3) is 0.368. The number of unbranched alkanes of at least 4 members (excludes halogenated alkanes) is 1. The summed E-state index contributed by atoms with van der Waals surface area (Å²) < 4.78 is 5.91. The van der Waals surface area contributed by atoms with E-state index in [-0.39, 0.29) is 0 Å². The molecule has 0 saturated carbocycles. The van der Waals surface area contributed by atoms with Crippen molar-refractivity contribution in [3.8, 4) is 5.75 Å². The van der Waals surface area contributed by atoms with E-state index in [1.807, 2.05) is 6.07 Å². The zero-order chi connectivity index (χ0) is 14.9. The highest BCUT2D eigenvalue weighted by atomic mass is 16.5. The van der Waals surface area contributed by atoms with Gasteiger partial charge in [-0.05, 0) is 48.7 Å². The molecule has 21 heavy (non-hydrogen) atoms. The molecule has 0 aromatic heterocycles. The summed E-state index contributed by atoms with van der Waals surface area (Å²) in [6, 6.07) is 16.7. The van der Waals surface area contributed by atoms with Gasteiger partial charge >= 0.3 is 0 Å². The van der Waals surface area contributed by atoms with Crippen molar-refractivity contribution >= 4 is 0 Å². The van der Waals surface area contributed by atoms with Crippen LogP contribution in [0.1, 0.15) is 36.5 Å². The van der Waals surface area contributed by atoms with Crippen molar-refractivity contribution in [1.29, 1.82) is 0 Å². The third-order valence-electron chi connectivity index (χ3n) is 3.59. The van der Waals surface area contributed by atoms with E-state index in [1.165, 1.54) is 29.5 Å². The van der Waals surface area contributed by atoms with Gasteiger partial charge in [0.25, 0.3) is 0 Å². The zero-order valence-electron chi connectivity index (χ0n) is 13.1. The van der Waals surface area contributed by atoms with E-state index >= 15 is 0 Å². The summed E-state index contributed by atoms with van der Waals surface area (Å²) in [4.78, 5) is 0. The van der Waals surface area contributed by atoms with Gasteiger partial charge in [0.05, 0.1) is 0 Å². The fourth-order valence-corrected chi connectivity index (χ4v) is 2.21. The summed E-state index contributed by atoms with van der Waals surface area (Å²) in [7, 11) is 0. The quantitative estimate of drug-likeness (QED) is 0.722. The topological polar surface area (TPSA) is 21.3 Å². The van der Waals surface area contributed by atoms with Gasteiger partial charge in [-0.3, -0.25) is 0 Å². The average Bonchev–Trinajstić information content (AvgIpc) is 2.51. The van der Waals surface area contributed by atoms with Crippen molar-refractivity contribution in [3.63, 3.8) is 0 Å². The maximum absolute atomic E-state index is 5.91. The minimum absolute atomic E-state index is 0.624. The summed E-state index contributed by atoms with van der Waals surface area (Å²) in [6.45, 7) is 6.93. The van der Waals surface area contributed by atoms with Crippen LogP contribution in [-0.2, 0) is 13.2 Å². The Hall–Kier alpha value is -1.80. The van der Waals surface area contributed by atoms with Gasteiger partial charge in [0, 0.05) is 6.54 Å². The van der Waals surface area contributed by atoms with Crippen molar-refractivity contribution in [1.82, 2.24) is 5.32 Å². The standard InChI is InChI=1S/C19H25NO/c1-3-4-12-20-14-17-9-7-11-19(13-17)21-15-18-10-6-5-8-16(18)2/h5-11,13,20H,3-4,12,14-15H2,1-2H3. The van der Waals surface area contributed by atoms with Gasteiger partial charge in [-0.15, -0.1) is 0 Å². The van der Waals surface area contributed by atoms with Gasteiger partial charge in [-0.25, -0.2) is 0 Å². The molecule has 2 rings (SSSR count). The molecule has 0 atom stereocenters. The molecule has 1 N–H and O–H groups in total. The Morgan fingerprint density at radius 1 is 1.05 bits per heavy atom. The highest BCUT2D eigenvalue weighted by molar-refractivity contribution is 5.30. The lowest BCUT2D eigenvalue weighted by atomic mass is 10.1. The lowest BCUT2D eigenvalue weighted by Gasteiger charge is -2.10. The molecule has 0 saturated heterocycles. The fourth-order valence-electron chi connectivity index (χ4n) is 2.21. The monoisotopic (exact) mass is 283 g/mol. The van der Waals surface area contributed by atoms with Gasteiger partial charge in [0.1, 0.15) is 12.4 Å². The minimum Gasteiger partial charge on any atom is -0.489 e. The van der Waals surface area contributed by atoms with E-state index in [1.54, 1.807) is 0 Å². The van der Waals surface area contributed by atoms with Crippen LogP contribution in [-0.4, -0.2) is 6.54 Å². The molecule has 2 aromatic rings. The maximum atomic E-state index is 5.91. The van der Waals surface area contributed by atoms with E-state index in [9.17, 15) is 0 Å². The molecule has 0 radical (unpaired) electrons. The van der Waals surface area contributed by atoms with Crippen LogP contribution in [0.25, 0.3) is 0 Å². The predicted molar refractivity (Wildman–Crippen MR) is 88.6 cm³/mol. The number of benzene rings is 2. The van der Waals surface area contributed by atoms with Crippen LogP contribution in [0.2, 0.25) is 0 Å². The van der Waals surface area contributed by atoms with Crippen molar-refractivity contribution in [2.75, 3.05) is 6.54 Å². The molecule has 0 unspecified atom stereocenters. The van der Waals surface area contributed by atoms with Crippen LogP contribution < -0.4 is 10.1 Å². The molecule has 2 aromatic carbocycles. The highest BCUT2D eigenvalue weighted by Crippen LogP contribution is 2.16. The molecule has 0 aliphatic carbocycles.